The van der Waals surface area contributed by atoms with E-state index in [1.807, 2.05) is 73.9 Å². The zero-order chi connectivity index (χ0) is 52.2. The van der Waals surface area contributed by atoms with E-state index in [2.05, 4.69) is 36.9 Å². The number of likely N-dealkylation sites (tertiary alicyclic amines) is 1. The Balaban J connectivity index is 0.911. The minimum absolute atomic E-state index is 0.0363. The van der Waals surface area contributed by atoms with Crippen molar-refractivity contribution in [2.24, 2.45) is 0 Å². The second-order valence-electron chi connectivity index (χ2n) is 19.1. The molecule has 0 saturated carbocycles. The number of aryl methyl sites for hydroxylation is 1. The number of piperazine rings is 1. The molecule has 73 heavy (non-hydrogen) atoms. The van der Waals surface area contributed by atoms with Gasteiger partial charge in [0.2, 0.25) is 0 Å². The summed E-state index contributed by atoms with van der Waals surface area (Å²) in [6, 6.07) is 34.4. The smallest absolute Gasteiger partial charge is 0.381 e. The number of phosphoric ester groups is 1. The number of benzene rings is 5. The van der Waals surface area contributed by atoms with Crippen LogP contribution in [0.3, 0.4) is 0 Å². The van der Waals surface area contributed by atoms with Crippen LogP contribution >= 0.6 is 31.2 Å². The maximum Gasteiger partial charge on any atom is 0.469 e. The lowest BCUT2D eigenvalue weighted by molar-refractivity contribution is 0.0706. The number of phosphoric acid groups is 1. The van der Waals surface area contributed by atoms with E-state index in [1.54, 1.807) is 61.2 Å². The lowest BCUT2D eigenvalue weighted by Gasteiger charge is -2.37. The maximum atomic E-state index is 15.8. The van der Waals surface area contributed by atoms with Crippen LogP contribution in [0.25, 0.3) is 22.4 Å². The Kier molecular flexibility index (Phi) is 17.1. The number of sulfonamides is 1. The molecule has 4 N–H and O–H groups in total. The first-order valence-electron chi connectivity index (χ1n) is 24.3. The third-order valence-corrected chi connectivity index (χ3v) is 18.0. The molecule has 6 aromatic rings. The Bertz CT molecular complexity index is 3160. The van der Waals surface area contributed by atoms with Crippen LogP contribution in [0, 0.1) is 19.7 Å². The summed E-state index contributed by atoms with van der Waals surface area (Å²) in [6.07, 6.45) is 2.59. The number of nitrogens with zero attached hydrogens (tertiary/aromatic N) is 4. The molecule has 2 aliphatic rings. The summed E-state index contributed by atoms with van der Waals surface area (Å²) >= 11 is 8.00. The van der Waals surface area contributed by atoms with Gasteiger partial charge in [0.15, 0.2) is 9.84 Å². The fourth-order valence-electron chi connectivity index (χ4n) is 9.89. The molecule has 0 unspecified atom stereocenters. The van der Waals surface area contributed by atoms with E-state index < -0.39 is 39.6 Å². The summed E-state index contributed by atoms with van der Waals surface area (Å²) in [5.74, 6) is 0.284. The van der Waals surface area contributed by atoms with Gasteiger partial charge in [-0.15, -0.1) is 11.8 Å². The highest BCUT2D eigenvalue weighted by molar-refractivity contribution is 7.99. The second kappa shape index (κ2) is 22.9. The minimum Gasteiger partial charge on any atom is -0.381 e. The van der Waals surface area contributed by atoms with E-state index in [4.69, 9.17) is 16.1 Å². The molecule has 2 aliphatic heterocycles. The molecule has 3 heterocycles. The normalized spacial score (nSPS) is 15.8. The molecule has 0 spiro atoms. The average Bonchev–Trinajstić information content (AvgIpc) is 3.67. The predicted molar refractivity (Wildman–Crippen MR) is 293 cm³/mol. The Morgan fingerprint density at radius 2 is 1.45 bits per heavy atom. The lowest BCUT2D eigenvalue weighted by atomic mass is 9.99. The SMILES string of the molecule is Cc1cc(S(=O)(=O)Nc2ccc(N3CCN(c4cc(F)cc(-c5c(S(C)(=O)=O)c(C)n(C(C)C)c5-c5ccc(Cl)cc5)c4)CC3)cc2)ccc1N[C@H](CCN1CCC(OP(=O)(O)O)CC1)CSc1ccccc1. The Labute approximate surface area is 438 Å². The molecule has 2 fully saturated rings. The number of piperidine rings is 1. The number of hydrogen-bond acceptors (Lipinski definition) is 11. The van der Waals surface area contributed by atoms with Crippen molar-refractivity contribution in [3.63, 3.8) is 0 Å². The predicted octanol–water partition coefficient (Wildman–Crippen LogP) is 10.9. The number of halogens is 2. The number of anilines is 4. The van der Waals surface area contributed by atoms with Gasteiger partial charge in [-0.1, -0.05) is 41.9 Å². The molecule has 0 bridgehead atoms. The van der Waals surface area contributed by atoms with Crippen molar-refractivity contribution in [3.05, 3.63) is 137 Å². The fraction of sp³-hybridized carbons (Fsp3) is 0.358. The topological polar surface area (TPSA) is 174 Å². The third kappa shape index (κ3) is 13.7. The molecule has 2 saturated heterocycles. The summed E-state index contributed by atoms with van der Waals surface area (Å²) in [5, 5.41) is 4.21. The second-order valence-corrected chi connectivity index (χ2v) is 25.4. The van der Waals surface area contributed by atoms with E-state index in [-0.39, 0.29) is 21.9 Å². The monoisotopic (exact) mass is 1090 g/mol. The number of thioether (sulfide) groups is 1. The Morgan fingerprint density at radius 3 is 2.05 bits per heavy atom. The van der Waals surface area contributed by atoms with E-state index >= 15 is 4.39 Å². The van der Waals surface area contributed by atoms with Crippen molar-refractivity contribution in [3.8, 4) is 22.4 Å². The molecular weight excluding hydrogens is 1030 g/mol. The van der Waals surface area contributed by atoms with E-state index in [1.165, 1.54) is 18.4 Å². The van der Waals surface area contributed by atoms with Crippen molar-refractivity contribution in [2.75, 3.05) is 77.7 Å². The number of rotatable bonds is 19. The highest BCUT2D eigenvalue weighted by Gasteiger charge is 2.31. The molecule has 0 radical (unpaired) electrons. The van der Waals surface area contributed by atoms with Gasteiger partial charge >= 0.3 is 7.82 Å². The molecule has 8 rings (SSSR count). The molecule has 390 valence electrons. The molecule has 1 aromatic heterocycles. The van der Waals surface area contributed by atoms with Gasteiger partial charge in [0, 0.05) is 114 Å². The van der Waals surface area contributed by atoms with Crippen LogP contribution in [-0.2, 0) is 28.9 Å². The number of hydrogen-bond donors (Lipinski definition) is 4. The van der Waals surface area contributed by atoms with Crippen LogP contribution in [-0.4, -0.2) is 106 Å². The van der Waals surface area contributed by atoms with Gasteiger partial charge in [-0.05, 0) is 149 Å². The van der Waals surface area contributed by atoms with E-state index in [9.17, 15) is 31.2 Å². The minimum atomic E-state index is -4.53. The first-order valence-corrected chi connectivity index (χ1v) is 30.5. The largest absolute Gasteiger partial charge is 0.469 e. The van der Waals surface area contributed by atoms with Crippen LogP contribution in [0.4, 0.5) is 27.1 Å². The van der Waals surface area contributed by atoms with E-state index in [0.29, 0.717) is 91.0 Å². The van der Waals surface area contributed by atoms with Crippen molar-refractivity contribution < 1.29 is 40.1 Å². The number of nitrogens with one attached hydrogen (secondary N) is 2. The van der Waals surface area contributed by atoms with Crippen molar-refractivity contribution >= 4 is 73.8 Å². The van der Waals surface area contributed by atoms with Gasteiger partial charge in [0.05, 0.1) is 21.6 Å². The van der Waals surface area contributed by atoms with Gasteiger partial charge in [-0.2, -0.15) is 0 Å². The van der Waals surface area contributed by atoms with Crippen molar-refractivity contribution in [2.45, 2.75) is 79.8 Å². The van der Waals surface area contributed by atoms with E-state index in [0.717, 1.165) is 46.1 Å². The molecular formula is C53H63ClFN6O8PS3. The Morgan fingerprint density at radius 1 is 0.808 bits per heavy atom. The summed E-state index contributed by atoms with van der Waals surface area (Å²) in [6.45, 7) is 12.1. The summed E-state index contributed by atoms with van der Waals surface area (Å²) in [4.78, 5) is 26.5. The molecule has 5 aromatic carbocycles. The standard InChI is InChI=1S/C53H63ClFN6O8PS3/c1-36(2)61-38(4)53(72(5,65)66)51(52(61)39-11-13-41(54)14-12-39)40-32-42(55)34-46(33-40)60-29-27-59(28-30-60)45-17-15-43(16-18-45)57-73(67,68)49-19-20-50(37(3)31-49)56-44(35-71-48-9-7-6-8-10-48)21-24-58-25-22-47(23-26-58)69-70(62,63)64/h6-20,31-34,36,44,47,56-57H,21-30,35H2,1-5H3,(H2,62,63,64)/t44-/m1/s1. The summed E-state index contributed by atoms with van der Waals surface area (Å²) in [5.41, 5.74) is 6.50. The molecule has 14 nitrogen and oxygen atoms in total. The van der Waals surface area contributed by atoms with Gasteiger partial charge in [0.1, 0.15) is 5.82 Å². The van der Waals surface area contributed by atoms with Gasteiger partial charge in [-0.3, -0.25) is 9.25 Å². The van der Waals surface area contributed by atoms with Crippen LogP contribution in [0.1, 0.15) is 50.4 Å². The molecule has 1 atom stereocenters. The molecule has 0 amide bonds. The maximum absolute atomic E-state index is 15.8. The highest BCUT2D eigenvalue weighted by atomic mass is 35.5. The molecule has 0 aliphatic carbocycles. The van der Waals surface area contributed by atoms with Crippen LogP contribution < -0.4 is 19.8 Å². The first kappa shape index (κ1) is 54.4. The lowest BCUT2D eigenvalue weighted by Crippen LogP contribution is -2.46. The number of aromatic nitrogens is 1. The highest BCUT2D eigenvalue weighted by Crippen LogP contribution is 2.45. The van der Waals surface area contributed by atoms with Crippen LogP contribution in [0.2, 0.25) is 5.02 Å². The average molecular weight is 1090 g/mol. The third-order valence-electron chi connectivity index (χ3n) is 13.4. The van der Waals surface area contributed by atoms with Gasteiger partial charge < -0.3 is 34.4 Å². The zero-order valence-electron chi connectivity index (χ0n) is 41.5. The first-order chi connectivity index (χ1) is 34.6. The zero-order valence-corrected chi connectivity index (χ0v) is 45.6. The van der Waals surface area contributed by atoms with Crippen molar-refractivity contribution in [1.82, 2.24) is 9.47 Å². The van der Waals surface area contributed by atoms with Gasteiger partial charge in [0.25, 0.3) is 10.0 Å². The fourth-order valence-corrected chi connectivity index (χ4v) is 14.0. The van der Waals surface area contributed by atoms with Crippen molar-refractivity contribution in [1.29, 1.82) is 0 Å². The van der Waals surface area contributed by atoms with Crippen LogP contribution in [0.15, 0.2) is 130 Å². The summed E-state index contributed by atoms with van der Waals surface area (Å²) in [7, 11) is -12.2. The number of sulfone groups is 1. The van der Waals surface area contributed by atoms with Gasteiger partial charge in [-0.25, -0.2) is 25.8 Å². The quantitative estimate of drug-likeness (QED) is 0.0446. The van der Waals surface area contributed by atoms with Crippen LogP contribution in [0.5, 0.6) is 0 Å². The summed E-state index contributed by atoms with van der Waals surface area (Å²) < 4.78 is 91.3. The molecule has 20 heteroatoms. The Hall–Kier alpha value is -4.88.